The van der Waals surface area contributed by atoms with Crippen LogP contribution >= 0.6 is 0 Å². The number of aromatic nitrogens is 2. The van der Waals surface area contributed by atoms with Crippen LogP contribution in [-0.2, 0) is 4.74 Å². The van der Waals surface area contributed by atoms with E-state index in [4.69, 9.17) is 9.47 Å². The molecule has 0 atom stereocenters. The zero-order valence-corrected chi connectivity index (χ0v) is 15.9. The fraction of sp³-hybridized carbons (Fsp3) is 0.190. The third kappa shape index (κ3) is 3.88. The van der Waals surface area contributed by atoms with Gasteiger partial charge >= 0.3 is 5.97 Å². The summed E-state index contributed by atoms with van der Waals surface area (Å²) in [6, 6.07) is 12.3. The van der Waals surface area contributed by atoms with Crippen molar-refractivity contribution in [3.05, 3.63) is 71.7 Å². The Morgan fingerprint density at radius 1 is 1.11 bits per heavy atom. The van der Waals surface area contributed by atoms with Crippen LogP contribution in [-0.4, -0.2) is 35.3 Å². The quantitative estimate of drug-likeness (QED) is 0.664. The molecule has 0 saturated heterocycles. The highest BCUT2D eigenvalue weighted by Gasteiger charge is 2.21. The lowest BCUT2D eigenvalue weighted by atomic mass is 10.1. The first-order valence-electron chi connectivity index (χ1n) is 8.80. The van der Waals surface area contributed by atoms with Crippen LogP contribution in [0.2, 0.25) is 0 Å². The standard InChI is InChI=1S/C21H21N3O4/c1-4-28-21(26)18-13-19(15-5-7-17(27-3)8-6-15)24(14(18)2)23-20(25)16-9-11-22-12-10-16/h5-13H,4H2,1-3H3,(H,23,25). The Labute approximate surface area is 162 Å². The molecule has 3 rings (SSSR count). The van der Waals surface area contributed by atoms with Crippen LogP contribution in [0, 0.1) is 6.92 Å². The average Bonchev–Trinajstić information content (AvgIpc) is 3.05. The van der Waals surface area contributed by atoms with E-state index in [2.05, 4.69) is 10.4 Å². The van der Waals surface area contributed by atoms with Crippen molar-refractivity contribution in [3.63, 3.8) is 0 Å². The van der Waals surface area contributed by atoms with Gasteiger partial charge in [-0.1, -0.05) is 0 Å². The highest BCUT2D eigenvalue weighted by molar-refractivity contribution is 6.01. The number of nitrogens with zero attached hydrogens (tertiary/aromatic N) is 2. The molecule has 0 spiro atoms. The predicted octanol–water partition coefficient (Wildman–Crippen LogP) is 3.43. The summed E-state index contributed by atoms with van der Waals surface area (Å²) in [5, 5.41) is 0. The van der Waals surface area contributed by atoms with E-state index in [1.54, 1.807) is 56.2 Å². The summed E-state index contributed by atoms with van der Waals surface area (Å²) in [6.45, 7) is 3.77. The zero-order chi connectivity index (χ0) is 20.1. The molecule has 0 aliphatic carbocycles. The van der Waals surface area contributed by atoms with E-state index in [0.29, 0.717) is 28.3 Å². The summed E-state index contributed by atoms with van der Waals surface area (Å²) in [7, 11) is 1.59. The molecule has 2 heterocycles. The summed E-state index contributed by atoms with van der Waals surface area (Å²) in [4.78, 5) is 28.9. The highest BCUT2D eigenvalue weighted by Crippen LogP contribution is 2.27. The molecule has 0 radical (unpaired) electrons. The predicted molar refractivity (Wildman–Crippen MR) is 105 cm³/mol. The minimum atomic E-state index is -0.438. The normalized spacial score (nSPS) is 10.4. The second-order valence-electron chi connectivity index (χ2n) is 5.99. The summed E-state index contributed by atoms with van der Waals surface area (Å²) in [6.07, 6.45) is 3.09. The molecule has 7 heteroatoms. The molecular formula is C21H21N3O4. The van der Waals surface area contributed by atoms with Crippen LogP contribution < -0.4 is 10.2 Å². The summed E-state index contributed by atoms with van der Waals surface area (Å²) in [5.74, 6) is -0.0389. The van der Waals surface area contributed by atoms with Crippen LogP contribution in [0.5, 0.6) is 5.75 Å². The molecule has 0 aliphatic rings. The first-order valence-corrected chi connectivity index (χ1v) is 8.80. The van der Waals surface area contributed by atoms with Gasteiger partial charge in [0.1, 0.15) is 5.75 Å². The Balaban J connectivity index is 2.04. The van der Waals surface area contributed by atoms with Crippen LogP contribution in [0.25, 0.3) is 11.3 Å². The summed E-state index contributed by atoms with van der Waals surface area (Å²) < 4.78 is 11.9. The Kier molecular flexibility index (Phi) is 5.74. The number of carbonyl (C=O) groups is 2. The average molecular weight is 379 g/mol. The van der Waals surface area contributed by atoms with Gasteiger partial charge in [-0.2, -0.15) is 0 Å². The number of nitrogens with one attached hydrogen (secondary N) is 1. The molecule has 1 amide bonds. The third-order valence-electron chi connectivity index (χ3n) is 4.28. The number of hydrogen-bond acceptors (Lipinski definition) is 5. The number of amides is 1. The molecule has 1 aromatic carbocycles. The van der Waals surface area contributed by atoms with Crippen LogP contribution in [0.4, 0.5) is 0 Å². The molecule has 3 aromatic rings. The SMILES string of the molecule is CCOC(=O)c1cc(-c2ccc(OC)cc2)n(NC(=O)c2ccncc2)c1C. The second kappa shape index (κ2) is 8.39. The molecule has 0 bridgehead atoms. The maximum absolute atomic E-state index is 12.7. The molecule has 1 N–H and O–H groups in total. The van der Waals surface area contributed by atoms with Gasteiger partial charge in [0.05, 0.1) is 30.7 Å². The lowest BCUT2D eigenvalue weighted by Gasteiger charge is -2.14. The fourth-order valence-corrected chi connectivity index (χ4v) is 2.81. The molecule has 0 aliphatic heterocycles. The van der Waals surface area contributed by atoms with Gasteiger partial charge in [0.15, 0.2) is 0 Å². The van der Waals surface area contributed by atoms with E-state index in [-0.39, 0.29) is 12.5 Å². The van der Waals surface area contributed by atoms with Crippen molar-refractivity contribution in [2.45, 2.75) is 13.8 Å². The molecule has 0 fully saturated rings. The molecule has 0 unspecified atom stereocenters. The number of carbonyl (C=O) groups excluding carboxylic acids is 2. The maximum Gasteiger partial charge on any atom is 0.340 e. The van der Waals surface area contributed by atoms with Gasteiger partial charge in [0.2, 0.25) is 0 Å². The zero-order valence-electron chi connectivity index (χ0n) is 15.9. The highest BCUT2D eigenvalue weighted by atomic mass is 16.5. The van der Waals surface area contributed by atoms with Gasteiger partial charge in [-0.15, -0.1) is 0 Å². The number of rotatable bonds is 6. The monoisotopic (exact) mass is 379 g/mol. The molecular weight excluding hydrogens is 358 g/mol. The van der Waals surface area contributed by atoms with Crippen molar-refractivity contribution in [1.82, 2.24) is 9.66 Å². The van der Waals surface area contributed by atoms with E-state index < -0.39 is 5.97 Å². The van der Waals surface area contributed by atoms with Gasteiger partial charge in [-0.3, -0.25) is 19.9 Å². The maximum atomic E-state index is 12.7. The number of hydrogen-bond donors (Lipinski definition) is 1. The molecule has 0 saturated carbocycles. The Hall–Kier alpha value is -3.61. The van der Waals surface area contributed by atoms with E-state index in [9.17, 15) is 9.59 Å². The van der Waals surface area contributed by atoms with Crippen molar-refractivity contribution >= 4 is 11.9 Å². The van der Waals surface area contributed by atoms with Gasteiger partial charge in [0, 0.05) is 23.5 Å². The molecule has 7 nitrogen and oxygen atoms in total. The number of pyridine rings is 1. The van der Waals surface area contributed by atoms with Gasteiger partial charge in [-0.05, 0) is 56.3 Å². The second-order valence-corrected chi connectivity index (χ2v) is 5.99. The number of esters is 1. The minimum Gasteiger partial charge on any atom is -0.497 e. The van der Waals surface area contributed by atoms with Crippen LogP contribution in [0.3, 0.4) is 0 Å². The van der Waals surface area contributed by atoms with Crippen molar-refractivity contribution < 1.29 is 19.1 Å². The Morgan fingerprint density at radius 3 is 2.39 bits per heavy atom. The summed E-state index contributed by atoms with van der Waals surface area (Å²) in [5.41, 5.74) is 5.75. The van der Waals surface area contributed by atoms with Crippen molar-refractivity contribution in [1.29, 1.82) is 0 Å². The molecule has 144 valence electrons. The minimum absolute atomic E-state index is 0.269. The van der Waals surface area contributed by atoms with Gasteiger partial charge < -0.3 is 9.47 Å². The first-order chi connectivity index (χ1) is 13.5. The summed E-state index contributed by atoms with van der Waals surface area (Å²) >= 11 is 0. The van der Waals surface area contributed by atoms with E-state index in [1.165, 1.54) is 0 Å². The van der Waals surface area contributed by atoms with Crippen molar-refractivity contribution in [2.24, 2.45) is 0 Å². The Bertz CT molecular complexity index is 979. The number of methoxy groups -OCH3 is 1. The van der Waals surface area contributed by atoms with E-state index >= 15 is 0 Å². The van der Waals surface area contributed by atoms with Crippen molar-refractivity contribution in [3.8, 4) is 17.0 Å². The number of ether oxygens (including phenoxy) is 2. The first kappa shape index (κ1) is 19.2. The molecule has 28 heavy (non-hydrogen) atoms. The third-order valence-corrected chi connectivity index (χ3v) is 4.28. The van der Waals surface area contributed by atoms with E-state index in [1.807, 2.05) is 24.3 Å². The van der Waals surface area contributed by atoms with E-state index in [0.717, 1.165) is 5.56 Å². The fourth-order valence-electron chi connectivity index (χ4n) is 2.81. The largest absolute Gasteiger partial charge is 0.497 e. The topological polar surface area (TPSA) is 82.5 Å². The van der Waals surface area contributed by atoms with Crippen molar-refractivity contribution in [2.75, 3.05) is 19.1 Å². The Morgan fingerprint density at radius 2 is 1.79 bits per heavy atom. The van der Waals surface area contributed by atoms with Crippen LogP contribution in [0.1, 0.15) is 33.3 Å². The number of benzene rings is 1. The lowest BCUT2D eigenvalue weighted by molar-refractivity contribution is 0.0525. The smallest absolute Gasteiger partial charge is 0.340 e. The van der Waals surface area contributed by atoms with Gasteiger partial charge in [-0.25, -0.2) is 4.79 Å². The van der Waals surface area contributed by atoms with Crippen LogP contribution in [0.15, 0.2) is 54.9 Å². The van der Waals surface area contributed by atoms with Gasteiger partial charge in [0.25, 0.3) is 5.91 Å². The lowest BCUT2D eigenvalue weighted by Crippen LogP contribution is -2.25. The molecule has 2 aromatic heterocycles.